The van der Waals surface area contributed by atoms with Crippen molar-refractivity contribution < 1.29 is 5.11 Å². The number of halogens is 1. The van der Waals surface area contributed by atoms with Crippen LogP contribution in [-0.2, 0) is 0 Å². The quantitative estimate of drug-likeness (QED) is 0.763. The molecule has 1 nitrogen and oxygen atoms in total. The zero-order chi connectivity index (χ0) is 9.26. The fraction of sp³-hybridized carbons (Fsp3) is 0.600. The van der Waals surface area contributed by atoms with Gasteiger partial charge in [0.05, 0.1) is 11.1 Å². The Morgan fingerprint density at radius 2 is 2.15 bits per heavy atom. The van der Waals surface area contributed by atoms with Crippen molar-refractivity contribution in [2.24, 2.45) is 0 Å². The molecule has 2 unspecified atom stereocenters. The Labute approximate surface area is 87.4 Å². The van der Waals surface area contributed by atoms with Crippen LogP contribution in [0.15, 0.2) is 11.4 Å². The molecule has 1 fully saturated rings. The minimum absolute atomic E-state index is 0.176. The van der Waals surface area contributed by atoms with E-state index >= 15 is 0 Å². The number of aliphatic hydroxyl groups is 1. The van der Waals surface area contributed by atoms with Crippen LogP contribution in [0.25, 0.3) is 0 Å². The molecule has 0 amide bonds. The fourth-order valence-electron chi connectivity index (χ4n) is 1.99. The SMILES string of the molecule is OC1CCCCC1c1sccc1Cl. The van der Waals surface area contributed by atoms with E-state index < -0.39 is 0 Å². The summed E-state index contributed by atoms with van der Waals surface area (Å²) in [7, 11) is 0. The summed E-state index contributed by atoms with van der Waals surface area (Å²) >= 11 is 7.71. The van der Waals surface area contributed by atoms with E-state index in [4.69, 9.17) is 11.6 Å². The molecule has 0 bridgehead atoms. The van der Waals surface area contributed by atoms with Gasteiger partial charge < -0.3 is 5.11 Å². The Balaban J connectivity index is 2.19. The Morgan fingerprint density at radius 1 is 1.38 bits per heavy atom. The first-order chi connectivity index (χ1) is 6.29. The Morgan fingerprint density at radius 3 is 2.77 bits per heavy atom. The first-order valence-electron chi connectivity index (χ1n) is 4.70. The average molecular weight is 217 g/mol. The van der Waals surface area contributed by atoms with Crippen molar-refractivity contribution in [2.75, 3.05) is 0 Å². The van der Waals surface area contributed by atoms with Gasteiger partial charge in [0.15, 0.2) is 0 Å². The molecule has 1 aliphatic rings. The van der Waals surface area contributed by atoms with Crippen LogP contribution < -0.4 is 0 Å². The third-order valence-corrected chi connectivity index (χ3v) is 4.20. The maximum absolute atomic E-state index is 9.81. The first-order valence-corrected chi connectivity index (χ1v) is 5.96. The Hall–Kier alpha value is -0.0500. The first kappa shape index (κ1) is 9.50. The highest BCUT2D eigenvalue weighted by Crippen LogP contribution is 2.39. The molecule has 1 aliphatic carbocycles. The molecule has 0 radical (unpaired) electrons. The molecule has 1 heterocycles. The van der Waals surface area contributed by atoms with Crippen LogP contribution in [0.2, 0.25) is 5.02 Å². The van der Waals surface area contributed by atoms with Crippen molar-refractivity contribution in [3.8, 4) is 0 Å². The molecular weight excluding hydrogens is 204 g/mol. The molecule has 0 spiro atoms. The highest BCUT2D eigenvalue weighted by atomic mass is 35.5. The third kappa shape index (κ3) is 1.90. The Kier molecular flexibility index (Phi) is 2.92. The van der Waals surface area contributed by atoms with Gasteiger partial charge in [0.25, 0.3) is 0 Å². The van der Waals surface area contributed by atoms with Crippen LogP contribution in [0.4, 0.5) is 0 Å². The molecule has 0 saturated heterocycles. The standard InChI is InChI=1S/C10H13ClOS/c11-8-5-6-13-10(8)7-3-1-2-4-9(7)12/h5-7,9,12H,1-4H2. The number of rotatable bonds is 1. The van der Waals surface area contributed by atoms with Gasteiger partial charge in [0.1, 0.15) is 0 Å². The van der Waals surface area contributed by atoms with E-state index in [0.29, 0.717) is 5.92 Å². The molecule has 13 heavy (non-hydrogen) atoms. The lowest BCUT2D eigenvalue weighted by atomic mass is 9.85. The van der Waals surface area contributed by atoms with Gasteiger partial charge >= 0.3 is 0 Å². The van der Waals surface area contributed by atoms with E-state index in [1.54, 1.807) is 11.3 Å². The minimum Gasteiger partial charge on any atom is -0.392 e. The van der Waals surface area contributed by atoms with Crippen molar-refractivity contribution >= 4 is 22.9 Å². The lowest BCUT2D eigenvalue weighted by Gasteiger charge is -2.26. The van der Waals surface area contributed by atoms with Crippen LogP contribution >= 0.6 is 22.9 Å². The largest absolute Gasteiger partial charge is 0.392 e. The second kappa shape index (κ2) is 3.99. The van der Waals surface area contributed by atoms with Crippen molar-refractivity contribution in [2.45, 2.75) is 37.7 Å². The summed E-state index contributed by atoms with van der Waals surface area (Å²) in [6.07, 6.45) is 4.21. The summed E-state index contributed by atoms with van der Waals surface area (Å²) in [6.45, 7) is 0. The molecule has 72 valence electrons. The predicted octanol–water partition coefficient (Wildman–Crippen LogP) is 3.42. The highest BCUT2D eigenvalue weighted by molar-refractivity contribution is 7.10. The topological polar surface area (TPSA) is 20.2 Å². The normalized spacial score (nSPS) is 29.1. The van der Waals surface area contributed by atoms with Gasteiger partial charge in [-0.15, -0.1) is 11.3 Å². The molecule has 3 heteroatoms. The smallest absolute Gasteiger partial charge is 0.0617 e. The highest BCUT2D eigenvalue weighted by Gasteiger charge is 2.26. The van der Waals surface area contributed by atoms with Gasteiger partial charge in [-0.2, -0.15) is 0 Å². The molecule has 0 aromatic carbocycles. The Bertz CT molecular complexity index is 284. The number of hydrogen-bond donors (Lipinski definition) is 1. The van der Waals surface area contributed by atoms with Crippen LogP contribution in [0.1, 0.15) is 36.5 Å². The second-order valence-electron chi connectivity index (χ2n) is 3.59. The van der Waals surface area contributed by atoms with Crippen molar-refractivity contribution in [3.63, 3.8) is 0 Å². The van der Waals surface area contributed by atoms with Crippen LogP contribution in [0.5, 0.6) is 0 Å². The number of hydrogen-bond acceptors (Lipinski definition) is 2. The van der Waals surface area contributed by atoms with Gasteiger partial charge in [0, 0.05) is 10.8 Å². The second-order valence-corrected chi connectivity index (χ2v) is 4.95. The zero-order valence-corrected chi connectivity index (χ0v) is 8.94. The maximum Gasteiger partial charge on any atom is 0.0617 e. The predicted molar refractivity (Wildman–Crippen MR) is 56.5 cm³/mol. The number of aliphatic hydroxyl groups excluding tert-OH is 1. The summed E-state index contributed by atoms with van der Waals surface area (Å²) in [4.78, 5) is 1.17. The van der Waals surface area contributed by atoms with E-state index in [1.165, 1.54) is 11.3 Å². The molecule has 1 aromatic rings. The van der Waals surface area contributed by atoms with Gasteiger partial charge in [0.2, 0.25) is 0 Å². The number of thiophene rings is 1. The molecule has 1 aromatic heterocycles. The zero-order valence-electron chi connectivity index (χ0n) is 7.37. The fourth-order valence-corrected chi connectivity index (χ4v) is 3.38. The van der Waals surface area contributed by atoms with Gasteiger partial charge in [-0.1, -0.05) is 24.4 Å². The van der Waals surface area contributed by atoms with Crippen molar-refractivity contribution in [1.82, 2.24) is 0 Å². The van der Waals surface area contributed by atoms with Gasteiger partial charge in [-0.05, 0) is 24.3 Å². The summed E-state index contributed by atoms with van der Waals surface area (Å²) in [6, 6.07) is 1.92. The van der Waals surface area contributed by atoms with E-state index in [1.807, 2.05) is 11.4 Å². The molecule has 2 atom stereocenters. The monoisotopic (exact) mass is 216 g/mol. The summed E-state index contributed by atoms with van der Waals surface area (Å²) in [5, 5.41) is 12.6. The molecular formula is C10H13ClOS. The summed E-state index contributed by atoms with van der Waals surface area (Å²) < 4.78 is 0. The van der Waals surface area contributed by atoms with E-state index in [2.05, 4.69) is 0 Å². The average Bonchev–Trinajstić information content (AvgIpc) is 2.52. The summed E-state index contributed by atoms with van der Waals surface area (Å²) in [5.41, 5.74) is 0. The molecule has 1 N–H and O–H groups in total. The third-order valence-electron chi connectivity index (χ3n) is 2.71. The molecule has 1 saturated carbocycles. The van der Waals surface area contributed by atoms with E-state index in [0.717, 1.165) is 24.3 Å². The molecule has 0 aliphatic heterocycles. The molecule has 2 rings (SSSR count). The maximum atomic E-state index is 9.81. The van der Waals surface area contributed by atoms with Crippen molar-refractivity contribution in [1.29, 1.82) is 0 Å². The van der Waals surface area contributed by atoms with E-state index in [-0.39, 0.29) is 6.10 Å². The minimum atomic E-state index is -0.176. The van der Waals surface area contributed by atoms with Gasteiger partial charge in [-0.3, -0.25) is 0 Å². The summed E-state index contributed by atoms with van der Waals surface area (Å²) in [5.74, 6) is 0.293. The van der Waals surface area contributed by atoms with Crippen molar-refractivity contribution in [3.05, 3.63) is 21.3 Å². The van der Waals surface area contributed by atoms with Gasteiger partial charge in [-0.25, -0.2) is 0 Å². The van der Waals surface area contributed by atoms with Crippen LogP contribution in [0, 0.1) is 0 Å². The van der Waals surface area contributed by atoms with Crippen LogP contribution in [-0.4, -0.2) is 11.2 Å². The van der Waals surface area contributed by atoms with Crippen LogP contribution in [0.3, 0.4) is 0 Å². The lowest BCUT2D eigenvalue weighted by molar-refractivity contribution is 0.107. The lowest BCUT2D eigenvalue weighted by Crippen LogP contribution is -2.21. The van der Waals surface area contributed by atoms with E-state index in [9.17, 15) is 5.11 Å².